The number of aromatic nitrogens is 2. The number of sulfonamides is 1. The second kappa shape index (κ2) is 6.80. The van der Waals surface area contributed by atoms with Gasteiger partial charge in [0.2, 0.25) is 10.0 Å². The van der Waals surface area contributed by atoms with Crippen molar-refractivity contribution in [2.24, 2.45) is 0 Å². The van der Waals surface area contributed by atoms with E-state index < -0.39 is 10.0 Å². The van der Waals surface area contributed by atoms with Crippen molar-refractivity contribution < 1.29 is 8.42 Å². The predicted molar refractivity (Wildman–Crippen MR) is 94.2 cm³/mol. The molecule has 0 saturated heterocycles. The molecule has 1 heterocycles. The van der Waals surface area contributed by atoms with Gasteiger partial charge in [-0.25, -0.2) is 18.1 Å². The van der Waals surface area contributed by atoms with Gasteiger partial charge in [0.25, 0.3) is 0 Å². The SMILES string of the molecule is CC(Cl)c1nc2cc(I)ccc2n1CCCNS(C)(=O)=O. The average Bonchev–Trinajstić information content (AvgIpc) is 2.71. The van der Waals surface area contributed by atoms with Gasteiger partial charge in [0, 0.05) is 16.7 Å². The fourth-order valence-electron chi connectivity index (χ4n) is 2.15. The molecule has 0 amide bonds. The van der Waals surface area contributed by atoms with Crippen LogP contribution in [0.1, 0.15) is 24.5 Å². The van der Waals surface area contributed by atoms with E-state index in [2.05, 4.69) is 36.9 Å². The average molecular weight is 442 g/mol. The van der Waals surface area contributed by atoms with Gasteiger partial charge in [-0.3, -0.25) is 0 Å². The lowest BCUT2D eigenvalue weighted by molar-refractivity contribution is 0.573. The third-order valence-corrected chi connectivity index (χ3v) is 4.61. The highest BCUT2D eigenvalue weighted by Crippen LogP contribution is 2.25. The molecular weight excluding hydrogens is 425 g/mol. The normalized spacial score (nSPS) is 13.7. The number of nitrogens with zero attached hydrogens (tertiary/aromatic N) is 2. The monoisotopic (exact) mass is 441 g/mol. The fraction of sp³-hybridized carbons (Fsp3) is 0.462. The second-order valence-corrected chi connectivity index (χ2v) is 8.62. The maximum absolute atomic E-state index is 11.1. The van der Waals surface area contributed by atoms with E-state index in [-0.39, 0.29) is 5.38 Å². The van der Waals surface area contributed by atoms with E-state index in [0.717, 1.165) is 26.7 Å². The first-order chi connectivity index (χ1) is 9.78. The minimum atomic E-state index is -3.14. The molecule has 0 spiro atoms. The largest absolute Gasteiger partial charge is 0.327 e. The van der Waals surface area contributed by atoms with Crippen LogP contribution in [0.4, 0.5) is 0 Å². The minimum Gasteiger partial charge on any atom is -0.327 e. The Morgan fingerprint density at radius 3 is 2.81 bits per heavy atom. The van der Waals surface area contributed by atoms with Crippen LogP contribution in [-0.2, 0) is 16.6 Å². The molecule has 1 atom stereocenters. The predicted octanol–water partition coefficient (Wildman–Crippen LogP) is 2.88. The van der Waals surface area contributed by atoms with Gasteiger partial charge in [-0.2, -0.15) is 0 Å². The van der Waals surface area contributed by atoms with E-state index in [1.165, 1.54) is 0 Å². The number of fused-ring (bicyclic) bond motifs is 1. The molecule has 0 aliphatic heterocycles. The van der Waals surface area contributed by atoms with E-state index in [9.17, 15) is 8.42 Å². The van der Waals surface area contributed by atoms with Gasteiger partial charge in [0.05, 0.1) is 22.7 Å². The third-order valence-electron chi connectivity index (χ3n) is 3.02. The number of alkyl halides is 1. The summed E-state index contributed by atoms with van der Waals surface area (Å²) in [7, 11) is -3.14. The van der Waals surface area contributed by atoms with Crippen LogP contribution in [0.2, 0.25) is 0 Å². The molecule has 0 aliphatic rings. The fourth-order valence-corrected chi connectivity index (χ4v) is 3.31. The highest BCUT2D eigenvalue weighted by atomic mass is 127. The summed E-state index contributed by atoms with van der Waals surface area (Å²) < 4.78 is 27.8. The zero-order valence-electron chi connectivity index (χ0n) is 11.8. The highest BCUT2D eigenvalue weighted by molar-refractivity contribution is 14.1. The maximum atomic E-state index is 11.1. The lowest BCUT2D eigenvalue weighted by Gasteiger charge is -2.10. The molecule has 0 aliphatic carbocycles. The van der Waals surface area contributed by atoms with Gasteiger partial charge in [-0.05, 0) is 54.1 Å². The molecule has 2 aromatic rings. The summed E-state index contributed by atoms with van der Waals surface area (Å²) >= 11 is 8.46. The lowest BCUT2D eigenvalue weighted by Crippen LogP contribution is -2.24. The second-order valence-electron chi connectivity index (χ2n) is 4.89. The number of imidazole rings is 1. The Kier molecular flexibility index (Phi) is 5.50. The molecule has 1 N–H and O–H groups in total. The van der Waals surface area contributed by atoms with E-state index in [0.29, 0.717) is 19.5 Å². The highest BCUT2D eigenvalue weighted by Gasteiger charge is 2.15. The summed E-state index contributed by atoms with van der Waals surface area (Å²) in [5, 5.41) is -0.196. The van der Waals surface area contributed by atoms with Crippen molar-refractivity contribution in [2.45, 2.75) is 25.3 Å². The molecule has 1 unspecified atom stereocenters. The summed E-state index contributed by atoms with van der Waals surface area (Å²) in [5.74, 6) is 0.813. The number of benzene rings is 1. The van der Waals surface area contributed by atoms with E-state index in [4.69, 9.17) is 11.6 Å². The summed E-state index contributed by atoms with van der Waals surface area (Å²) in [6, 6.07) is 6.07. The molecule has 8 heteroatoms. The van der Waals surface area contributed by atoms with Gasteiger partial charge in [-0.15, -0.1) is 11.6 Å². The topological polar surface area (TPSA) is 64.0 Å². The first kappa shape index (κ1) is 17.0. The molecule has 21 heavy (non-hydrogen) atoms. The van der Waals surface area contributed by atoms with Crippen LogP contribution in [0.5, 0.6) is 0 Å². The Hall–Kier alpha value is -0.380. The van der Waals surface area contributed by atoms with Gasteiger partial charge in [0.15, 0.2) is 0 Å². The standard InChI is InChI=1S/C13H17ClIN3O2S/c1-9(14)13-17-11-8-10(15)4-5-12(11)18(13)7-3-6-16-21(2,19)20/h4-5,8-9,16H,3,6-7H2,1-2H3. The van der Waals surface area contributed by atoms with Crippen molar-refractivity contribution in [1.82, 2.24) is 14.3 Å². The maximum Gasteiger partial charge on any atom is 0.208 e. The smallest absolute Gasteiger partial charge is 0.208 e. The van der Waals surface area contributed by atoms with Crippen molar-refractivity contribution in [3.63, 3.8) is 0 Å². The summed E-state index contributed by atoms with van der Waals surface area (Å²) in [4.78, 5) is 4.59. The van der Waals surface area contributed by atoms with Gasteiger partial charge < -0.3 is 4.57 Å². The lowest BCUT2D eigenvalue weighted by atomic mass is 10.3. The summed E-state index contributed by atoms with van der Waals surface area (Å²) in [6.07, 6.45) is 1.84. The van der Waals surface area contributed by atoms with Gasteiger partial charge in [0.1, 0.15) is 5.82 Å². The number of hydrogen-bond donors (Lipinski definition) is 1. The molecule has 1 aromatic carbocycles. The van der Waals surface area contributed by atoms with Crippen LogP contribution in [0.25, 0.3) is 11.0 Å². The number of hydrogen-bond acceptors (Lipinski definition) is 3. The van der Waals surface area contributed by atoms with Crippen LogP contribution in [0, 0.1) is 3.57 Å². The number of rotatable bonds is 6. The van der Waals surface area contributed by atoms with Crippen molar-refractivity contribution in [1.29, 1.82) is 0 Å². The van der Waals surface area contributed by atoms with Crippen molar-refractivity contribution in [2.75, 3.05) is 12.8 Å². The Balaban J connectivity index is 2.22. The molecule has 116 valence electrons. The first-order valence-electron chi connectivity index (χ1n) is 6.52. The molecule has 0 saturated carbocycles. The number of nitrogens with one attached hydrogen (secondary N) is 1. The zero-order valence-corrected chi connectivity index (χ0v) is 15.5. The van der Waals surface area contributed by atoms with Crippen LogP contribution in [0.3, 0.4) is 0 Å². The van der Waals surface area contributed by atoms with E-state index >= 15 is 0 Å². The molecular formula is C13H17ClIN3O2S. The molecule has 0 fully saturated rings. The van der Waals surface area contributed by atoms with Crippen molar-refractivity contribution >= 4 is 55.2 Å². The molecule has 0 radical (unpaired) electrons. The van der Waals surface area contributed by atoms with Crippen molar-refractivity contribution in [3.8, 4) is 0 Å². The molecule has 5 nitrogen and oxygen atoms in total. The molecule has 2 rings (SSSR count). The van der Waals surface area contributed by atoms with Crippen LogP contribution >= 0.6 is 34.2 Å². The number of halogens is 2. The summed E-state index contributed by atoms with van der Waals surface area (Å²) in [6.45, 7) is 2.96. The third kappa shape index (κ3) is 4.54. The van der Waals surface area contributed by atoms with Crippen LogP contribution in [0.15, 0.2) is 18.2 Å². The quantitative estimate of drug-likeness (QED) is 0.426. The number of aryl methyl sites for hydroxylation is 1. The Morgan fingerprint density at radius 2 is 2.19 bits per heavy atom. The minimum absolute atomic E-state index is 0.196. The zero-order chi connectivity index (χ0) is 15.6. The van der Waals surface area contributed by atoms with Crippen molar-refractivity contribution in [3.05, 3.63) is 27.6 Å². The summed E-state index contributed by atoms with van der Waals surface area (Å²) in [5.41, 5.74) is 1.94. The first-order valence-corrected chi connectivity index (χ1v) is 9.93. The molecule has 0 bridgehead atoms. The molecule has 1 aromatic heterocycles. The van der Waals surface area contributed by atoms with Gasteiger partial charge >= 0.3 is 0 Å². The Labute approximate surface area is 143 Å². The Morgan fingerprint density at radius 1 is 1.48 bits per heavy atom. The van der Waals surface area contributed by atoms with E-state index in [1.54, 1.807) is 0 Å². The van der Waals surface area contributed by atoms with Crippen LogP contribution in [-0.4, -0.2) is 30.8 Å². The van der Waals surface area contributed by atoms with Gasteiger partial charge in [-0.1, -0.05) is 0 Å². The van der Waals surface area contributed by atoms with Crippen LogP contribution < -0.4 is 4.72 Å². The van der Waals surface area contributed by atoms with E-state index in [1.807, 2.05) is 25.1 Å². The Bertz CT molecular complexity index is 743.